The van der Waals surface area contributed by atoms with Crippen LogP contribution in [0.5, 0.6) is 0 Å². The Bertz CT molecular complexity index is 315. The maximum Gasteiger partial charge on any atom is 0.279 e. The number of nitrogens with one attached hydrogen (secondary N) is 1. The van der Waals surface area contributed by atoms with Crippen molar-refractivity contribution >= 4 is 10.2 Å². The number of ether oxygens (including phenoxy) is 1. The first-order chi connectivity index (χ1) is 7.37. The molecule has 0 spiro atoms. The molecule has 0 amide bonds. The lowest BCUT2D eigenvalue weighted by Gasteiger charge is -2.35. The molecule has 1 aliphatic heterocycles. The van der Waals surface area contributed by atoms with Crippen molar-refractivity contribution in [3.8, 4) is 0 Å². The van der Waals surface area contributed by atoms with Gasteiger partial charge in [-0.3, -0.25) is 0 Å². The molecular weight excluding hydrogens is 232 g/mol. The summed E-state index contributed by atoms with van der Waals surface area (Å²) in [5, 5.41) is 9.82. The van der Waals surface area contributed by atoms with Crippen LogP contribution in [-0.4, -0.2) is 56.8 Å². The molecule has 0 aliphatic carbocycles. The van der Waals surface area contributed by atoms with E-state index in [0.29, 0.717) is 26.0 Å². The molecular formula is C9H20N2O4S. The number of hydrogen-bond donors (Lipinski definition) is 2. The second-order valence-corrected chi connectivity index (χ2v) is 6.08. The minimum absolute atomic E-state index is 0.148. The monoisotopic (exact) mass is 252 g/mol. The summed E-state index contributed by atoms with van der Waals surface area (Å²) >= 11 is 0. The zero-order chi connectivity index (χ0) is 12.2. The lowest BCUT2D eigenvalue weighted by Crippen LogP contribution is -2.52. The van der Waals surface area contributed by atoms with E-state index < -0.39 is 15.8 Å². The van der Waals surface area contributed by atoms with Crippen LogP contribution in [0.25, 0.3) is 0 Å². The normalized spacial score (nSPS) is 28.2. The highest BCUT2D eigenvalue weighted by Crippen LogP contribution is 2.21. The molecule has 16 heavy (non-hydrogen) atoms. The van der Waals surface area contributed by atoms with Gasteiger partial charge < -0.3 is 9.84 Å². The highest BCUT2D eigenvalue weighted by atomic mass is 32.2. The summed E-state index contributed by atoms with van der Waals surface area (Å²) in [5.41, 5.74) is -0.922. The van der Waals surface area contributed by atoms with E-state index in [-0.39, 0.29) is 13.1 Å². The predicted molar refractivity (Wildman–Crippen MR) is 60.2 cm³/mol. The minimum atomic E-state index is -3.48. The van der Waals surface area contributed by atoms with Crippen LogP contribution in [0.1, 0.15) is 19.8 Å². The Morgan fingerprint density at radius 3 is 2.81 bits per heavy atom. The molecule has 0 aromatic carbocycles. The molecule has 0 aromatic rings. The van der Waals surface area contributed by atoms with Gasteiger partial charge in [0.1, 0.15) is 0 Å². The SMILES string of the molecule is COCCNS(=O)(=O)N1CCCC(C)(O)C1. The van der Waals surface area contributed by atoms with Gasteiger partial charge in [0.2, 0.25) is 0 Å². The van der Waals surface area contributed by atoms with Crippen LogP contribution >= 0.6 is 0 Å². The molecule has 6 nitrogen and oxygen atoms in total. The van der Waals surface area contributed by atoms with E-state index in [9.17, 15) is 13.5 Å². The first-order valence-electron chi connectivity index (χ1n) is 5.33. The van der Waals surface area contributed by atoms with E-state index in [0.717, 1.165) is 0 Å². The van der Waals surface area contributed by atoms with E-state index in [1.54, 1.807) is 6.92 Å². The Labute approximate surface area is 96.8 Å². The van der Waals surface area contributed by atoms with Crippen LogP contribution < -0.4 is 4.72 Å². The third-order valence-corrected chi connectivity index (χ3v) is 4.13. The van der Waals surface area contributed by atoms with Crippen molar-refractivity contribution in [1.82, 2.24) is 9.03 Å². The summed E-state index contributed by atoms with van der Waals surface area (Å²) in [6, 6.07) is 0. The summed E-state index contributed by atoms with van der Waals surface area (Å²) in [4.78, 5) is 0. The van der Waals surface area contributed by atoms with E-state index in [1.165, 1.54) is 11.4 Å². The largest absolute Gasteiger partial charge is 0.389 e. The average Bonchev–Trinajstić information content (AvgIpc) is 2.16. The topological polar surface area (TPSA) is 78.9 Å². The molecule has 1 heterocycles. The fourth-order valence-corrected chi connectivity index (χ4v) is 3.08. The molecule has 2 N–H and O–H groups in total. The number of methoxy groups -OCH3 is 1. The Balaban J connectivity index is 2.54. The molecule has 1 atom stereocenters. The molecule has 1 aliphatic rings. The predicted octanol–water partition coefficient (Wildman–Crippen LogP) is -0.686. The fourth-order valence-electron chi connectivity index (χ4n) is 1.74. The van der Waals surface area contributed by atoms with Gasteiger partial charge in [-0.05, 0) is 19.8 Å². The zero-order valence-corrected chi connectivity index (χ0v) is 10.6. The molecule has 1 unspecified atom stereocenters. The van der Waals surface area contributed by atoms with Gasteiger partial charge in [0.25, 0.3) is 10.2 Å². The number of nitrogens with zero attached hydrogens (tertiary/aromatic N) is 1. The second kappa shape index (κ2) is 5.42. The van der Waals surface area contributed by atoms with Crippen molar-refractivity contribution < 1.29 is 18.3 Å². The van der Waals surface area contributed by atoms with Crippen LogP contribution in [0, 0.1) is 0 Å². The minimum Gasteiger partial charge on any atom is -0.389 e. The summed E-state index contributed by atoms with van der Waals surface area (Å²) in [6.45, 7) is 2.85. The average molecular weight is 252 g/mol. The van der Waals surface area contributed by atoms with Gasteiger partial charge >= 0.3 is 0 Å². The van der Waals surface area contributed by atoms with Crippen molar-refractivity contribution in [3.63, 3.8) is 0 Å². The van der Waals surface area contributed by atoms with Crippen molar-refractivity contribution in [2.75, 3.05) is 33.4 Å². The standard InChI is InChI=1S/C9H20N2O4S/c1-9(12)4-3-6-11(8-9)16(13,14)10-5-7-15-2/h10,12H,3-8H2,1-2H3. The van der Waals surface area contributed by atoms with Gasteiger partial charge in [-0.1, -0.05) is 0 Å². The number of rotatable bonds is 5. The van der Waals surface area contributed by atoms with E-state index in [4.69, 9.17) is 4.74 Å². The third-order valence-electron chi connectivity index (χ3n) is 2.57. The Morgan fingerprint density at radius 1 is 1.56 bits per heavy atom. The van der Waals surface area contributed by atoms with Gasteiger partial charge in [0.15, 0.2) is 0 Å². The Hall–Kier alpha value is -0.210. The molecule has 0 radical (unpaired) electrons. The summed E-state index contributed by atoms with van der Waals surface area (Å²) in [7, 11) is -1.97. The highest BCUT2D eigenvalue weighted by molar-refractivity contribution is 7.87. The first kappa shape index (κ1) is 13.9. The van der Waals surface area contributed by atoms with Gasteiger partial charge in [0, 0.05) is 26.7 Å². The van der Waals surface area contributed by atoms with Crippen molar-refractivity contribution in [2.45, 2.75) is 25.4 Å². The zero-order valence-electron chi connectivity index (χ0n) is 9.77. The lowest BCUT2D eigenvalue weighted by molar-refractivity contribution is 0.00902. The lowest BCUT2D eigenvalue weighted by atomic mass is 9.97. The van der Waals surface area contributed by atoms with E-state index >= 15 is 0 Å². The molecule has 1 saturated heterocycles. The molecule has 0 bridgehead atoms. The number of aliphatic hydroxyl groups is 1. The van der Waals surface area contributed by atoms with Crippen LogP contribution in [0.15, 0.2) is 0 Å². The molecule has 0 aromatic heterocycles. The first-order valence-corrected chi connectivity index (χ1v) is 6.77. The van der Waals surface area contributed by atoms with Crippen molar-refractivity contribution in [1.29, 1.82) is 0 Å². The summed E-state index contributed by atoms with van der Waals surface area (Å²) in [6.07, 6.45) is 1.31. The van der Waals surface area contributed by atoms with E-state index in [2.05, 4.69) is 4.72 Å². The summed E-state index contributed by atoms with van der Waals surface area (Å²) < 4.78 is 32.1. The Morgan fingerprint density at radius 2 is 2.25 bits per heavy atom. The third kappa shape index (κ3) is 3.99. The molecule has 96 valence electrons. The number of β-amino-alcohol motifs (C(OH)–C–C–N with tert-alkyl or cyclic N) is 1. The maximum atomic E-state index is 11.8. The fraction of sp³-hybridized carbons (Fsp3) is 1.00. The van der Waals surface area contributed by atoms with Gasteiger partial charge in [-0.25, -0.2) is 0 Å². The summed E-state index contributed by atoms with van der Waals surface area (Å²) in [5.74, 6) is 0. The van der Waals surface area contributed by atoms with Crippen LogP contribution in [-0.2, 0) is 14.9 Å². The highest BCUT2D eigenvalue weighted by Gasteiger charge is 2.34. The van der Waals surface area contributed by atoms with Crippen LogP contribution in [0.2, 0.25) is 0 Å². The maximum absolute atomic E-state index is 11.8. The number of piperidine rings is 1. The van der Waals surface area contributed by atoms with Crippen LogP contribution in [0.4, 0.5) is 0 Å². The van der Waals surface area contributed by atoms with Gasteiger partial charge in [0.05, 0.1) is 12.2 Å². The quantitative estimate of drug-likeness (QED) is 0.635. The van der Waals surface area contributed by atoms with Crippen LogP contribution in [0.3, 0.4) is 0 Å². The van der Waals surface area contributed by atoms with Gasteiger partial charge in [-0.15, -0.1) is 0 Å². The molecule has 7 heteroatoms. The van der Waals surface area contributed by atoms with Crippen molar-refractivity contribution in [2.24, 2.45) is 0 Å². The Kier molecular flexibility index (Phi) is 4.69. The molecule has 0 saturated carbocycles. The smallest absolute Gasteiger partial charge is 0.279 e. The molecule has 1 rings (SSSR count). The van der Waals surface area contributed by atoms with E-state index in [1.807, 2.05) is 0 Å². The van der Waals surface area contributed by atoms with Crippen molar-refractivity contribution in [3.05, 3.63) is 0 Å². The van der Waals surface area contributed by atoms with Gasteiger partial charge in [-0.2, -0.15) is 17.4 Å². The second-order valence-electron chi connectivity index (χ2n) is 4.33. The molecule has 1 fully saturated rings. The number of hydrogen-bond acceptors (Lipinski definition) is 4.